The summed E-state index contributed by atoms with van der Waals surface area (Å²) in [5, 5.41) is 20.9. The number of aliphatic carboxylic acids is 1. The molecule has 0 aromatic heterocycles. The summed E-state index contributed by atoms with van der Waals surface area (Å²) >= 11 is 0. The highest BCUT2D eigenvalue weighted by molar-refractivity contribution is 5.92. The van der Waals surface area contributed by atoms with Crippen LogP contribution in [-0.4, -0.2) is 45.8 Å². The van der Waals surface area contributed by atoms with E-state index in [0.29, 0.717) is 5.69 Å². The van der Waals surface area contributed by atoms with E-state index in [1.807, 2.05) is 0 Å². The monoisotopic (exact) mass is 268 g/mol. The summed E-state index contributed by atoms with van der Waals surface area (Å²) in [6.07, 6.45) is -0.841. The molecule has 1 aliphatic heterocycles. The van der Waals surface area contributed by atoms with Crippen molar-refractivity contribution in [2.24, 2.45) is 0 Å². The molecule has 0 spiro atoms. The number of halogens is 1. The third-order valence-electron chi connectivity index (χ3n) is 2.92. The molecule has 2 atom stereocenters. The molecule has 1 aliphatic rings. The van der Waals surface area contributed by atoms with Crippen molar-refractivity contribution in [2.45, 2.75) is 18.6 Å². The van der Waals surface area contributed by atoms with Crippen molar-refractivity contribution in [1.82, 2.24) is 4.90 Å². The van der Waals surface area contributed by atoms with E-state index in [1.165, 1.54) is 24.3 Å². The Morgan fingerprint density at radius 1 is 1.32 bits per heavy atom. The van der Waals surface area contributed by atoms with E-state index >= 15 is 0 Å². The summed E-state index contributed by atoms with van der Waals surface area (Å²) in [5.41, 5.74) is 0.358. The van der Waals surface area contributed by atoms with Gasteiger partial charge in [-0.1, -0.05) is 0 Å². The molecule has 1 heterocycles. The minimum Gasteiger partial charge on any atom is -0.480 e. The number of urea groups is 1. The Kier molecular flexibility index (Phi) is 3.66. The second-order valence-electron chi connectivity index (χ2n) is 4.33. The van der Waals surface area contributed by atoms with Gasteiger partial charge >= 0.3 is 12.0 Å². The molecule has 1 fully saturated rings. The van der Waals surface area contributed by atoms with Crippen molar-refractivity contribution in [3.8, 4) is 0 Å². The predicted molar refractivity (Wildman–Crippen MR) is 64.2 cm³/mol. The molecule has 3 N–H and O–H groups in total. The molecule has 0 saturated carbocycles. The molecular formula is C12H13FN2O4. The van der Waals surface area contributed by atoms with Gasteiger partial charge in [0.1, 0.15) is 11.9 Å². The van der Waals surface area contributed by atoms with Gasteiger partial charge in [0.15, 0.2) is 0 Å². The lowest BCUT2D eigenvalue weighted by Gasteiger charge is -2.21. The van der Waals surface area contributed by atoms with Crippen LogP contribution in [0.4, 0.5) is 14.9 Å². The number of carbonyl (C=O) groups excluding carboxylic acids is 1. The first kappa shape index (κ1) is 13.3. The molecule has 2 amide bonds. The molecule has 2 rings (SSSR count). The van der Waals surface area contributed by atoms with E-state index in [2.05, 4.69) is 5.32 Å². The number of rotatable bonds is 2. The smallest absolute Gasteiger partial charge is 0.326 e. The van der Waals surface area contributed by atoms with Gasteiger partial charge in [-0.15, -0.1) is 0 Å². The molecular weight excluding hydrogens is 255 g/mol. The number of benzene rings is 1. The number of likely N-dealkylation sites (tertiary alicyclic amines) is 1. The molecule has 1 aromatic carbocycles. The Bertz CT molecular complexity index is 491. The van der Waals surface area contributed by atoms with Crippen LogP contribution in [0.5, 0.6) is 0 Å². The summed E-state index contributed by atoms with van der Waals surface area (Å²) < 4.78 is 12.7. The largest absolute Gasteiger partial charge is 0.480 e. The summed E-state index contributed by atoms with van der Waals surface area (Å²) in [4.78, 5) is 23.9. The highest BCUT2D eigenvalue weighted by atomic mass is 19.1. The van der Waals surface area contributed by atoms with E-state index in [-0.39, 0.29) is 13.0 Å². The van der Waals surface area contributed by atoms with Crippen LogP contribution in [-0.2, 0) is 4.79 Å². The molecule has 0 unspecified atom stereocenters. The minimum absolute atomic E-state index is 0.00612. The van der Waals surface area contributed by atoms with Crippen LogP contribution in [0.2, 0.25) is 0 Å². The molecule has 102 valence electrons. The number of amides is 2. The maximum absolute atomic E-state index is 12.7. The van der Waals surface area contributed by atoms with Gasteiger partial charge in [0.25, 0.3) is 0 Å². The third kappa shape index (κ3) is 3.00. The van der Waals surface area contributed by atoms with E-state index < -0.39 is 30.0 Å². The zero-order valence-electron chi connectivity index (χ0n) is 9.91. The van der Waals surface area contributed by atoms with Crippen LogP contribution in [0.1, 0.15) is 6.42 Å². The maximum atomic E-state index is 12.7. The van der Waals surface area contributed by atoms with Gasteiger partial charge < -0.3 is 20.4 Å². The first-order valence-corrected chi connectivity index (χ1v) is 5.71. The van der Waals surface area contributed by atoms with Crippen molar-refractivity contribution in [3.63, 3.8) is 0 Å². The first-order valence-electron chi connectivity index (χ1n) is 5.71. The van der Waals surface area contributed by atoms with Crippen molar-refractivity contribution in [3.05, 3.63) is 30.1 Å². The second kappa shape index (κ2) is 5.23. The van der Waals surface area contributed by atoms with Gasteiger partial charge in [-0.2, -0.15) is 0 Å². The first-order chi connectivity index (χ1) is 8.97. The predicted octanol–water partition coefficient (Wildman–Crippen LogP) is 0.877. The number of aliphatic hydroxyl groups is 1. The van der Waals surface area contributed by atoms with Gasteiger partial charge in [-0.25, -0.2) is 14.0 Å². The second-order valence-corrected chi connectivity index (χ2v) is 4.33. The number of aliphatic hydroxyl groups excluding tert-OH is 1. The summed E-state index contributed by atoms with van der Waals surface area (Å²) in [6.45, 7) is -0.0377. The molecule has 0 bridgehead atoms. The number of β-amino-alcohol motifs (C(OH)–C–C–N with tert-alkyl or cyclic N) is 1. The van der Waals surface area contributed by atoms with E-state index in [0.717, 1.165) is 4.90 Å². The molecule has 0 aliphatic carbocycles. The van der Waals surface area contributed by atoms with Crippen molar-refractivity contribution in [1.29, 1.82) is 0 Å². The van der Waals surface area contributed by atoms with E-state index in [4.69, 9.17) is 5.11 Å². The Morgan fingerprint density at radius 3 is 2.53 bits per heavy atom. The highest BCUT2D eigenvalue weighted by Crippen LogP contribution is 2.19. The number of nitrogens with zero attached hydrogens (tertiary/aromatic N) is 1. The topological polar surface area (TPSA) is 89.9 Å². The fourth-order valence-corrected chi connectivity index (χ4v) is 2.00. The Hall–Kier alpha value is -2.15. The molecule has 19 heavy (non-hydrogen) atoms. The SMILES string of the molecule is O=C(O)[C@H]1C[C@H](O)CN1C(=O)Nc1ccc(F)cc1. The Balaban J connectivity index is 2.06. The van der Waals surface area contributed by atoms with E-state index in [1.54, 1.807) is 0 Å². The van der Waals surface area contributed by atoms with Crippen LogP contribution < -0.4 is 5.32 Å². The molecule has 1 aromatic rings. The van der Waals surface area contributed by atoms with Crippen LogP contribution >= 0.6 is 0 Å². The number of hydrogen-bond donors (Lipinski definition) is 3. The lowest BCUT2D eigenvalue weighted by Crippen LogP contribution is -2.43. The highest BCUT2D eigenvalue weighted by Gasteiger charge is 2.38. The fraction of sp³-hybridized carbons (Fsp3) is 0.333. The fourth-order valence-electron chi connectivity index (χ4n) is 2.00. The summed E-state index contributed by atoms with van der Waals surface area (Å²) in [7, 11) is 0. The van der Waals surface area contributed by atoms with Crippen LogP contribution in [0.3, 0.4) is 0 Å². The average molecular weight is 268 g/mol. The average Bonchev–Trinajstić information content (AvgIpc) is 2.74. The quantitative estimate of drug-likeness (QED) is 0.742. The third-order valence-corrected chi connectivity index (χ3v) is 2.92. The standard InChI is InChI=1S/C12H13FN2O4/c13-7-1-3-8(4-2-7)14-12(19)15-6-9(16)5-10(15)11(17)18/h1-4,9-10,16H,5-6H2,(H,14,19)(H,17,18)/t9-,10+/m0/s1. The molecule has 1 saturated heterocycles. The van der Waals surface area contributed by atoms with Crippen molar-refractivity contribution >= 4 is 17.7 Å². The number of carbonyl (C=O) groups is 2. The maximum Gasteiger partial charge on any atom is 0.326 e. The Labute approximate surface area is 108 Å². The minimum atomic E-state index is -1.16. The van der Waals surface area contributed by atoms with Gasteiger partial charge in [0.2, 0.25) is 0 Å². The zero-order chi connectivity index (χ0) is 14.0. The number of carboxylic acids is 1. The molecule has 7 heteroatoms. The van der Waals surface area contributed by atoms with E-state index in [9.17, 15) is 19.1 Å². The molecule has 0 radical (unpaired) electrons. The normalized spacial score (nSPS) is 22.3. The lowest BCUT2D eigenvalue weighted by atomic mass is 10.2. The summed E-state index contributed by atoms with van der Waals surface area (Å²) in [6, 6.07) is 3.43. The van der Waals surface area contributed by atoms with Gasteiger partial charge in [-0.05, 0) is 24.3 Å². The van der Waals surface area contributed by atoms with Crippen LogP contribution in [0.25, 0.3) is 0 Å². The van der Waals surface area contributed by atoms with Crippen molar-refractivity contribution < 1.29 is 24.2 Å². The zero-order valence-corrected chi connectivity index (χ0v) is 9.91. The van der Waals surface area contributed by atoms with Crippen molar-refractivity contribution in [2.75, 3.05) is 11.9 Å². The van der Waals surface area contributed by atoms with Gasteiger partial charge in [0.05, 0.1) is 6.10 Å². The number of nitrogens with one attached hydrogen (secondary N) is 1. The summed E-state index contributed by atoms with van der Waals surface area (Å²) in [5.74, 6) is -1.59. The van der Waals surface area contributed by atoms with Crippen LogP contribution in [0.15, 0.2) is 24.3 Å². The van der Waals surface area contributed by atoms with Crippen LogP contribution in [0, 0.1) is 5.82 Å². The molecule has 6 nitrogen and oxygen atoms in total. The number of anilines is 1. The Morgan fingerprint density at radius 2 is 1.95 bits per heavy atom. The number of hydrogen-bond acceptors (Lipinski definition) is 3. The van der Waals surface area contributed by atoms with Gasteiger partial charge in [-0.3, -0.25) is 0 Å². The number of carboxylic acid groups (broad SMARTS) is 1. The lowest BCUT2D eigenvalue weighted by molar-refractivity contribution is -0.141. The van der Waals surface area contributed by atoms with Gasteiger partial charge in [0, 0.05) is 18.7 Å².